The van der Waals surface area contributed by atoms with Gasteiger partial charge in [-0.25, -0.2) is 14.6 Å². The lowest BCUT2D eigenvalue weighted by Crippen LogP contribution is -2.47. The highest BCUT2D eigenvalue weighted by molar-refractivity contribution is 5.48. The van der Waals surface area contributed by atoms with E-state index in [4.69, 9.17) is 0 Å². The van der Waals surface area contributed by atoms with Crippen molar-refractivity contribution in [2.45, 2.75) is 39.5 Å². The van der Waals surface area contributed by atoms with Gasteiger partial charge < -0.3 is 9.80 Å². The quantitative estimate of drug-likeness (QED) is 0.679. The van der Waals surface area contributed by atoms with Gasteiger partial charge in [0.1, 0.15) is 12.1 Å². The van der Waals surface area contributed by atoms with Crippen molar-refractivity contribution < 1.29 is 0 Å². The van der Waals surface area contributed by atoms with Gasteiger partial charge in [-0.05, 0) is 57.2 Å². The Hall–Kier alpha value is -3.03. The van der Waals surface area contributed by atoms with Crippen LogP contribution in [-0.4, -0.2) is 56.1 Å². The monoisotopic (exact) mass is 390 g/mol. The van der Waals surface area contributed by atoms with E-state index in [2.05, 4.69) is 47.2 Å². The van der Waals surface area contributed by atoms with Gasteiger partial charge in [0.25, 0.3) is 0 Å². The minimum absolute atomic E-state index is 0.809. The maximum absolute atomic E-state index is 4.54. The predicted molar refractivity (Wildman–Crippen MR) is 112 cm³/mol. The van der Waals surface area contributed by atoms with Crippen molar-refractivity contribution in [2.75, 3.05) is 36.0 Å². The molecule has 0 saturated carbocycles. The number of piperazine rings is 1. The lowest BCUT2D eigenvalue weighted by Gasteiger charge is -2.36. The summed E-state index contributed by atoms with van der Waals surface area (Å²) in [6.07, 6.45) is 6.33. The lowest BCUT2D eigenvalue weighted by atomic mass is 9.97. The highest BCUT2D eigenvalue weighted by Gasteiger charge is 2.22. The number of hydrogen-bond acceptors (Lipinski definition) is 7. The van der Waals surface area contributed by atoms with Crippen molar-refractivity contribution in [3.8, 4) is 5.82 Å². The number of fused-ring (bicyclic) bond motifs is 1. The molecule has 3 aromatic heterocycles. The Morgan fingerprint density at radius 3 is 2.24 bits per heavy atom. The Kier molecular flexibility index (Phi) is 4.61. The van der Waals surface area contributed by atoms with Crippen molar-refractivity contribution in [1.82, 2.24) is 29.9 Å². The number of rotatable bonds is 3. The smallest absolute Gasteiger partial charge is 0.159 e. The highest BCUT2D eigenvalue weighted by atomic mass is 15.3. The molecule has 0 atom stereocenters. The largest absolute Gasteiger partial charge is 0.353 e. The van der Waals surface area contributed by atoms with Gasteiger partial charge in [-0.3, -0.25) is 0 Å². The van der Waals surface area contributed by atoms with Gasteiger partial charge in [0.15, 0.2) is 11.6 Å². The zero-order chi connectivity index (χ0) is 19.8. The molecule has 3 aromatic rings. The average Bonchev–Trinajstić information content (AvgIpc) is 3.11. The zero-order valence-electron chi connectivity index (χ0n) is 17.0. The molecule has 4 heterocycles. The molecule has 0 unspecified atom stereocenters. The Bertz CT molecular complexity index is 1020. The summed E-state index contributed by atoms with van der Waals surface area (Å²) >= 11 is 0. The van der Waals surface area contributed by atoms with Crippen LogP contribution in [0.25, 0.3) is 5.82 Å². The first-order valence-corrected chi connectivity index (χ1v) is 10.4. The molecule has 29 heavy (non-hydrogen) atoms. The molecule has 0 aromatic carbocycles. The van der Waals surface area contributed by atoms with E-state index in [1.165, 1.54) is 24.1 Å². The van der Waals surface area contributed by atoms with E-state index in [0.717, 1.165) is 67.9 Å². The molecule has 8 heteroatoms. The molecule has 0 radical (unpaired) electrons. The van der Waals surface area contributed by atoms with Crippen LogP contribution in [0.1, 0.15) is 35.5 Å². The molecule has 5 rings (SSSR count). The van der Waals surface area contributed by atoms with Gasteiger partial charge in [0.05, 0.1) is 11.4 Å². The van der Waals surface area contributed by atoms with Crippen molar-refractivity contribution >= 4 is 11.6 Å². The number of aromatic nitrogens is 6. The van der Waals surface area contributed by atoms with Crippen LogP contribution in [0, 0.1) is 13.8 Å². The summed E-state index contributed by atoms with van der Waals surface area (Å²) in [5.41, 5.74) is 4.63. The Balaban J connectivity index is 1.30. The van der Waals surface area contributed by atoms with Crippen molar-refractivity contribution in [3.63, 3.8) is 0 Å². The van der Waals surface area contributed by atoms with Crippen LogP contribution in [-0.2, 0) is 12.8 Å². The zero-order valence-corrected chi connectivity index (χ0v) is 17.0. The molecule has 150 valence electrons. The van der Waals surface area contributed by atoms with Crippen LogP contribution in [0.5, 0.6) is 0 Å². The fourth-order valence-electron chi connectivity index (χ4n) is 4.28. The fourth-order valence-corrected chi connectivity index (χ4v) is 4.28. The second-order valence-corrected chi connectivity index (χ2v) is 7.93. The van der Waals surface area contributed by atoms with E-state index in [1.807, 2.05) is 24.6 Å². The van der Waals surface area contributed by atoms with E-state index in [9.17, 15) is 0 Å². The number of anilines is 2. The van der Waals surface area contributed by atoms with Gasteiger partial charge >= 0.3 is 0 Å². The van der Waals surface area contributed by atoms with Crippen LogP contribution in [0.15, 0.2) is 24.5 Å². The summed E-state index contributed by atoms with van der Waals surface area (Å²) < 4.78 is 1.87. The Morgan fingerprint density at radius 2 is 1.48 bits per heavy atom. The molecule has 0 amide bonds. The third kappa shape index (κ3) is 3.54. The van der Waals surface area contributed by atoms with Gasteiger partial charge in [-0.15, -0.1) is 5.10 Å². The van der Waals surface area contributed by atoms with Crippen LogP contribution < -0.4 is 9.80 Å². The normalized spacial score (nSPS) is 16.8. The van der Waals surface area contributed by atoms with Crippen molar-refractivity contribution in [3.05, 3.63) is 47.2 Å². The van der Waals surface area contributed by atoms with Crippen LogP contribution in [0.3, 0.4) is 0 Å². The first-order chi connectivity index (χ1) is 14.2. The van der Waals surface area contributed by atoms with Crippen LogP contribution in [0.4, 0.5) is 11.6 Å². The molecule has 1 fully saturated rings. The number of hydrogen-bond donors (Lipinski definition) is 0. The molecule has 0 bridgehead atoms. The first-order valence-electron chi connectivity index (χ1n) is 10.4. The summed E-state index contributed by atoms with van der Waals surface area (Å²) in [6, 6.07) is 6.33. The molecule has 0 N–H and O–H groups in total. The molecule has 2 aliphatic rings. The Morgan fingerprint density at radius 1 is 0.759 bits per heavy atom. The van der Waals surface area contributed by atoms with E-state index in [-0.39, 0.29) is 0 Å². The summed E-state index contributed by atoms with van der Waals surface area (Å²) in [6.45, 7) is 7.65. The summed E-state index contributed by atoms with van der Waals surface area (Å²) in [5, 5.41) is 13.5. The highest BCUT2D eigenvalue weighted by Crippen LogP contribution is 2.24. The van der Waals surface area contributed by atoms with E-state index < -0.39 is 0 Å². The van der Waals surface area contributed by atoms with Gasteiger partial charge in [0, 0.05) is 37.9 Å². The summed E-state index contributed by atoms with van der Waals surface area (Å²) in [4.78, 5) is 13.6. The van der Waals surface area contributed by atoms with Gasteiger partial charge in [0.2, 0.25) is 0 Å². The first kappa shape index (κ1) is 18.0. The second kappa shape index (κ2) is 7.42. The minimum Gasteiger partial charge on any atom is -0.353 e. The average molecular weight is 390 g/mol. The lowest BCUT2D eigenvalue weighted by molar-refractivity contribution is 0.622. The van der Waals surface area contributed by atoms with Crippen LogP contribution in [0.2, 0.25) is 0 Å². The SMILES string of the molecule is Cc1cc(C)n(-c2cc(N3CCN(c4cc5c(nn4)CCCC5)CC3)ncn2)n1. The van der Waals surface area contributed by atoms with Crippen LogP contribution >= 0.6 is 0 Å². The molecule has 0 spiro atoms. The molecule has 8 nitrogen and oxygen atoms in total. The third-order valence-corrected chi connectivity index (χ3v) is 5.85. The third-order valence-electron chi connectivity index (χ3n) is 5.85. The maximum atomic E-state index is 4.54. The number of aryl methyl sites for hydroxylation is 4. The van der Waals surface area contributed by atoms with E-state index in [1.54, 1.807) is 6.33 Å². The number of nitrogens with zero attached hydrogens (tertiary/aromatic N) is 8. The Labute approximate surface area is 170 Å². The summed E-state index contributed by atoms with van der Waals surface area (Å²) in [5.74, 6) is 2.76. The molecule has 1 saturated heterocycles. The standard InChI is InChI=1S/C21H26N8/c1-15-11-16(2)29(26-15)20-13-19(22-14-23-20)27-7-9-28(10-8-27)21-12-17-5-3-4-6-18(17)24-25-21/h11-14H,3-10H2,1-2H3. The second-order valence-electron chi connectivity index (χ2n) is 7.93. The summed E-state index contributed by atoms with van der Waals surface area (Å²) in [7, 11) is 0. The molecule has 1 aliphatic carbocycles. The van der Waals surface area contributed by atoms with Crippen molar-refractivity contribution in [2.24, 2.45) is 0 Å². The molecule has 1 aliphatic heterocycles. The van der Waals surface area contributed by atoms with Gasteiger partial charge in [-0.1, -0.05) is 0 Å². The van der Waals surface area contributed by atoms with Crippen molar-refractivity contribution in [1.29, 1.82) is 0 Å². The molecular weight excluding hydrogens is 364 g/mol. The fraction of sp³-hybridized carbons (Fsp3) is 0.476. The predicted octanol–water partition coefficient (Wildman–Crippen LogP) is 2.27. The van der Waals surface area contributed by atoms with Gasteiger partial charge in [-0.2, -0.15) is 10.2 Å². The minimum atomic E-state index is 0.809. The maximum Gasteiger partial charge on any atom is 0.159 e. The molecular formula is C21H26N8. The van der Waals surface area contributed by atoms with E-state index in [0.29, 0.717) is 0 Å². The van der Waals surface area contributed by atoms with E-state index >= 15 is 0 Å². The topological polar surface area (TPSA) is 75.9 Å².